The first-order valence-corrected chi connectivity index (χ1v) is 9.16. The molecule has 2 aliphatic rings. The van der Waals surface area contributed by atoms with Crippen LogP contribution in [-0.2, 0) is 11.3 Å². The average molecular weight is 362 g/mol. The minimum atomic E-state index is -0.845. The van der Waals surface area contributed by atoms with E-state index < -0.39 is 11.9 Å². The third-order valence-corrected chi connectivity index (χ3v) is 5.12. The maximum atomic E-state index is 12.3. The Bertz CT molecular complexity index is 657. The molecule has 1 aliphatic heterocycles. The number of carbonyl (C=O) groups is 2. The number of methoxy groups -OCH3 is 1. The minimum absolute atomic E-state index is 0.214. The largest absolute Gasteiger partial charge is 0.497 e. The van der Waals surface area contributed by atoms with Gasteiger partial charge in [-0.25, -0.2) is 4.79 Å². The van der Waals surface area contributed by atoms with Crippen molar-refractivity contribution in [3.05, 3.63) is 23.8 Å². The average Bonchev–Trinajstić information content (AvgIpc) is 3.32. The Balaban J connectivity index is 1.61. The Hall–Kier alpha value is -2.44. The Kier molecular flexibility index (Phi) is 5.85. The Morgan fingerprint density at radius 3 is 2.69 bits per heavy atom. The molecule has 0 bridgehead atoms. The van der Waals surface area contributed by atoms with Gasteiger partial charge < -0.3 is 24.8 Å². The maximum absolute atomic E-state index is 12.3. The van der Waals surface area contributed by atoms with Crippen LogP contribution in [0.4, 0.5) is 4.79 Å². The number of aliphatic carboxylic acids is 1. The van der Waals surface area contributed by atoms with Crippen molar-refractivity contribution in [2.24, 2.45) is 5.92 Å². The molecule has 142 valence electrons. The third-order valence-electron chi connectivity index (χ3n) is 5.12. The number of amides is 2. The van der Waals surface area contributed by atoms with Crippen LogP contribution in [0.15, 0.2) is 18.2 Å². The van der Waals surface area contributed by atoms with Gasteiger partial charge in [0.2, 0.25) is 0 Å². The third kappa shape index (κ3) is 4.39. The number of hydrogen-bond acceptors (Lipinski definition) is 4. The summed E-state index contributed by atoms with van der Waals surface area (Å²) in [4.78, 5) is 24.9. The standard InChI is InChI=1S/C19H26N2O5/c1-25-16-7-6-13(17(10-16)26-15-4-2-3-5-15)11-20-19(24)21-9-8-14(12-21)18(22)23/h6-7,10,14-15H,2-5,8-9,11-12H2,1H3,(H,20,24)(H,22,23). The number of urea groups is 1. The summed E-state index contributed by atoms with van der Waals surface area (Å²) in [5.74, 6) is 0.143. The van der Waals surface area contributed by atoms with Crippen LogP contribution >= 0.6 is 0 Å². The zero-order chi connectivity index (χ0) is 18.5. The lowest BCUT2D eigenvalue weighted by Crippen LogP contribution is -2.38. The van der Waals surface area contributed by atoms with Crippen LogP contribution in [-0.4, -0.2) is 48.3 Å². The highest BCUT2D eigenvalue weighted by molar-refractivity contribution is 5.77. The molecule has 0 radical (unpaired) electrons. The summed E-state index contributed by atoms with van der Waals surface area (Å²) in [5.41, 5.74) is 0.889. The number of hydrogen-bond donors (Lipinski definition) is 2. The van der Waals surface area contributed by atoms with Gasteiger partial charge in [-0.2, -0.15) is 0 Å². The van der Waals surface area contributed by atoms with Crippen molar-refractivity contribution in [2.45, 2.75) is 44.8 Å². The molecule has 1 saturated heterocycles. The summed E-state index contributed by atoms with van der Waals surface area (Å²) in [6.07, 6.45) is 5.18. The number of carboxylic acid groups (broad SMARTS) is 1. The molecule has 1 unspecified atom stereocenters. The SMILES string of the molecule is COc1ccc(CNC(=O)N2CCC(C(=O)O)C2)c(OC2CCCC2)c1. The number of carbonyl (C=O) groups excluding carboxylic acids is 1. The van der Waals surface area contributed by atoms with Crippen LogP contribution in [0.3, 0.4) is 0 Å². The Morgan fingerprint density at radius 1 is 1.27 bits per heavy atom. The van der Waals surface area contributed by atoms with Crippen LogP contribution in [0.1, 0.15) is 37.7 Å². The molecule has 2 amide bonds. The molecule has 0 spiro atoms. The van der Waals surface area contributed by atoms with Gasteiger partial charge in [-0.05, 0) is 44.2 Å². The van der Waals surface area contributed by atoms with E-state index >= 15 is 0 Å². The van der Waals surface area contributed by atoms with E-state index in [1.54, 1.807) is 12.0 Å². The molecule has 1 aliphatic carbocycles. The predicted octanol–water partition coefficient (Wildman–Crippen LogP) is 2.63. The van der Waals surface area contributed by atoms with E-state index in [0.717, 1.165) is 29.9 Å². The van der Waals surface area contributed by atoms with Gasteiger partial charge in [0.1, 0.15) is 11.5 Å². The second-order valence-electron chi connectivity index (χ2n) is 6.93. The molecule has 1 heterocycles. The van der Waals surface area contributed by atoms with E-state index in [0.29, 0.717) is 19.5 Å². The van der Waals surface area contributed by atoms with Gasteiger partial charge in [0, 0.05) is 31.3 Å². The van der Waals surface area contributed by atoms with E-state index in [1.807, 2.05) is 18.2 Å². The fourth-order valence-electron chi connectivity index (χ4n) is 3.53. The van der Waals surface area contributed by atoms with Crippen molar-refractivity contribution in [3.63, 3.8) is 0 Å². The molecule has 1 aromatic rings. The van der Waals surface area contributed by atoms with Gasteiger partial charge in [-0.1, -0.05) is 0 Å². The van der Waals surface area contributed by atoms with Gasteiger partial charge in [-0.3, -0.25) is 4.79 Å². The number of benzene rings is 1. The zero-order valence-electron chi connectivity index (χ0n) is 15.1. The number of likely N-dealkylation sites (tertiary alicyclic amines) is 1. The zero-order valence-corrected chi connectivity index (χ0v) is 15.1. The first kappa shape index (κ1) is 18.4. The van der Waals surface area contributed by atoms with Crippen molar-refractivity contribution in [1.82, 2.24) is 10.2 Å². The molecular formula is C19H26N2O5. The molecule has 2 N–H and O–H groups in total. The van der Waals surface area contributed by atoms with Crippen molar-refractivity contribution >= 4 is 12.0 Å². The van der Waals surface area contributed by atoms with Gasteiger partial charge in [0.25, 0.3) is 0 Å². The summed E-state index contributed by atoms with van der Waals surface area (Å²) >= 11 is 0. The number of nitrogens with zero attached hydrogens (tertiary/aromatic N) is 1. The van der Waals surface area contributed by atoms with Crippen molar-refractivity contribution in [2.75, 3.05) is 20.2 Å². The van der Waals surface area contributed by atoms with Crippen molar-refractivity contribution in [1.29, 1.82) is 0 Å². The van der Waals surface area contributed by atoms with Gasteiger partial charge in [0.05, 0.1) is 19.1 Å². The van der Waals surface area contributed by atoms with Crippen molar-refractivity contribution in [3.8, 4) is 11.5 Å². The summed E-state index contributed by atoms with van der Waals surface area (Å²) in [6.45, 7) is 1.06. The Labute approximate surface area is 153 Å². The molecule has 26 heavy (non-hydrogen) atoms. The first-order chi connectivity index (χ1) is 12.6. The van der Waals surface area contributed by atoms with Crippen LogP contribution in [0.25, 0.3) is 0 Å². The molecule has 1 aromatic carbocycles. The summed E-state index contributed by atoms with van der Waals surface area (Å²) in [5, 5.41) is 11.9. The quantitative estimate of drug-likeness (QED) is 0.812. The smallest absolute Gasteiger partial charge is 0.317 e. The maximum Gasteiger partial charge on any atom is 0.317 e. The van der Waals surface area contributed by atoms with Gasteiger partial charge in [-0.15, -0.1) is 0 Å². The van der Waals surface area contributed by atoms with E-state index in [2.05, 4.69) is 5.32 Å². The Morgan fingerprint density at radius 2 is 2.04 bits per heavy atom. The topological polar surface area (TPSA) is 88.1 Å². The minimum Gasteiger partial charge on any atom is -0.497 e. The lowest BCUT2D eigenvalue weighted by Gasteiger charge is -2.20. The fraction of sp³-hybridized carbons (Fsp3) is 0.579. The van der Waals surface area contributed by atoms with Gasteiger partial charge in [0.15, 0.2) is 0 Å². The highest BCUT2D eigenvalue weighted by atomic mass is 16.5. The van der Waals surface area contributed by atoms with E-state index in [9.17, 15) is 9.59 Å². The molecule has 1 saturated carbocycles. The monoisotopic (exact) mass is 362 g/mol. The summed E-state index contributed by atoms with van der Waals surface area (Å²) in [7, 11) is 1.61. The molecule has 1 atom stereocenters. The van der Waals surface area contributed by atoms with Crippen LogP contribution in [0.5, 0.6) is 11.5 Å². The van der Waals surface area contributed by atoms with Crippen LogP contribution in [0.2, 0.25) is 0 Å². The van der Waals surface area contributed by atoms with E-state index in [4.69, 9.17) is 14.6 Å². The van der Waals surface area contributed by atoms with Gasteiger partial charge >= 0.3 is 12.0 Å². The van der Waals surface area contributed by atoms with E-state index in [-0.39, 0.29) is 18.7 Å². The fourth-order valence-corrected chi connectivity index (χ4v) is 3.53. The molecule has 7 nitrogen and oxygen atoms in total. The lowest BCUT2D eigenvalue weighted by molar-refractivity contribution is -0.141. The number of nitrogens with one attached hydrogen (secondary N) is 1. The highest BCUT2D eigenvalue weighted by Crippen LogP contribution is 2.30. The van der Waals surface area contributed by atoms with E-state index in [1.165, 1.54) is 12.8 Å². The highest BCUT2D eigenvalue weighted by Gasteiger charge is 2.30. The molecule has 7 heteroatoms. The number of rotatable bonds is 6. The summed E-state index contributed by atoms with van der Waals surface area (Å²) in [6, 6.07) is 5.36. The lowest BCUT2D eigenvalue weighted by atomic mass is 10.1. The summed E-state index contributed by atoms with van der Waals surface area (Å²) < 4.78 is 11.4. The van der Waals surface area contributed by atoms with Crippen LogP contribution in [0, 0.1) is 5.92 Å². The molecule has 3 rings (SSSR count). The number of carboxylic acids is 1. The normalized spacial score (nSPS) is 20.2. The molecular weight excluding hydrogens is 336 g/mol. The van der Waals surface area contributed by atoms with Crippen molar-refractivity contribution < 1.29 is 24.2 Å². The number of ether oxygens (including phenoxy) is 2. The predicted molar refractivity (Wildman–Crippen MR) is 95.4 cm³/mol. The van der Waals surface area contributed by atoms with Crippen LogP contribution < -0.4 is 14.8 Å². The molecule has 0 aromatic heterocycles. The first-order valence-electron chi connectivity index (χ1n) is 9.16. The molecule has 2 fully saturated rings. The second kappa shape index (κ2) is 8.29. The second-order valence-corrected chi connectivity index (χ2v) is 6.93.